The van der Waals surface area contributed by atoms with Crippen LogP contribution in [0.1, 0.15) is 19.4 Å². The van der Waals surface area contributed by atoms with E-state index in [-0.39, 0.29) is 11.8 Å². The zero-order valence-corrected chi connectivity index (χ0v) is 11.2. The monoisotopic (exact) mass is 277 g/mol. The van der Waals surface area contributed by atoms with Gasteiger partial charge in [-0.05, 0) is 18.2 Å². The molecule has 1 aromatic carbocycles. The van der Waals surface area contributed by atoms with E-state index < -0.39 is 12.8 Å². The normalized spacial score (nSPS) is 11.7. The zero-order valence-electron chi connectivity index (χ0n) is 11.2. The molecule has 0 spiro atoms. The Kier molecular flexibility index (Phi) is 5.47. The highest BCUT2D eigenvalue weighted by Crippen LogP contribution is 2.26. The van der Waals surface area contributed by atoms with Crippen LogP contribution in [-0.4, -0.2) is 25.9 Å². The maximum atomic E-state index is 12.2. The molecule has 0 heterocycles. The van der Waals surface area contributed by atoms with Crippen molar-refractivity contribution in [2.75, 3.05) is 13.7 Å². The van der Waals surface area contributed by atoms with Crippen LogP contribution in [0.3, 0.4) is 0 Å². The second-order valence-electron chi connectivity index (χ2n) is 4.41. The summed E-state index contributed by atoms with van der Waals surface area (Å²) >= 11 is 0. The van der Waals surface area contributed by atoms with E-state index >= 15 is 0 Å². The van der Waals surface area contributed by atoms with Gasteiger partial charge in [-0.3, -0.25) is 0 Å². The van der Waals surface area contributed by atoms with Gasteiger partial charge in [0.05, 0.1) is 7.11 Å². The molecule has 0 aromatic heterocycles. The lowest BCUT2D eigenvalue weighted by Gasteiger charge is -2.15. The third kappa shape index (κ3) is 5.83. The summed E-state index contributed by atoms with van der Waals surface area (Å²) < 4.78 is 46.4. The highest BCUT2D eigenvalue weighted by molar-refractivity contribution is 5.40. The van der Waals surface area contributed by atoms with E-state index in [0.29, 0.717) is 17.9 Å². The molecule has 0 aliphatic rings. The Balaban J connectivity index is 2.82. The number of benzene rings is 1. The van der Waals surface area contributed by atoms with E-state index in [1.807, 2.05) is 13.8 Å². The van der Waals surface area contributed by atoms with Crippen molar-refractivity contribution in [3.63, 3.8) is 0 Å². The molecule has 3 nitrogen and oxygen atoms in total. The smallest absolute Gasteiger partial charge is 0.422 e. The van der Waals surface area contributed by atoms with Gasteiger partial charge in [-0.2, -0.15) is 13.2 Å². The summed E-state index contributed by atoms with van der Waals surface area (Å²) in [6, 6.07) is 4.95. The first-order valence-electron chi connectivity index (χ1n) is 5.91. The maximum Gasteiger partial charge on any atom is 0.422 e. The fraction of sp³-hybridized carbons (Fsp3) is 0.538. The lowest BCUT2D eigenvalue weighted by atomic mass is 10.1. The molecule has 0 aliphatic heterocycles. The summed E-state index contributed by atoms with van der Waals surface area (Å²) in [6.07, 6.45) is -4.34. The number of hydrogen-bond acceptors (Lipinski definition) is 3. The van der Waals surface area contributed by atoms with Gasteiger partial charge in [0.15, 0.2) is 6.61 Å². The average molecular weight is 277 g/mol. The minimum Gasteiger partial charge on any atom is -0.497 e. The van der Waals surface area contributed by atoms with Crippen molar-refractivity contribution in [2.24, 2.45) is 0 Å². The summed E-state index contributed by atoms with van der Waals surface area (Å²) in [5, 5.41) is 3.13. The minimum atomic E-state index is -4.34. The number of ether oxygens (including phenoxy) is 2. The first-order chi connectivity index (χ1) is 8.81. The van der Waals surface area contributed by atoms with Gasteiger partial charge in [0.2, 0.25) is 0 Å². The highest BCUT2D eigenvalue weighted by Gasteiger charge is 2.28. The van der Waals surface area contributed by atoms with E-state index in [4.69, 9.17) is 9.47 Å². The van der Waals surface area contributed by atoms with E-state index in [2.05, 4.69) is 5.32 Å². The van der Waals surface area contributed by atoms with E-state index in [9.17, 15) is 13.2 Å². The Morgan fingerprint density at radius 3 is 2.47 bits per heavy atom. The summed E-state index contributed by atoms with van der Waals surface area (Å²) in [4.78, 5) is 0. The van der Waals surface area contributed by atoms with Crippen LogP contribution >= 0.6 is 0 Å². The molecule has 0 unspecified atom stereocenters. The molecule has 0 fully saturated rings. The topological polar surface area (TPSA) is 30.5 Å². The minimum absolute atomic E-state index is 0.214. The Labute approximate surface area is 110 Å². The highest BCUT2D eigenvalue weighted by atomic mass is 19.4. The largest absolute Gasteiger partial charge is 0.497 e. The van der Waals surface area contributed by atoms with Crippen LogP contribution in [0.5, 0.6) is 11.5 Å². The lowest BCUT2D eigenvalue weighted by Crippen LogP contribution is -2.23. The fourth-order valence-corrected chi connectivity index (χ4v) is 1.44. The Bertz CT molecular complexity index is 405. The lowest BCUT2D eigenvalue weighted by molar-refractivity contribution is -0.153. The van der Waals surface area contributed by atoms with Crippen molar-refractivity contribution >= 4 is 0 Å². The molecule has 6 heteroatoms. The van der Waals surface area contributed by atoms with Crippen molar-refractivity contribution in [3.8, 4) is 11.5 Å². The molecule has 0 atom stereocenters. The quantitative estimate of drug-likeness (QED) is 0.866. The van der Waals surface area contributed by atoms with Gasteiger partial charge >= 0.3 is 6.18 Å². The number of hydrogen-bond donors (Lipinski definition) is 1. The van der Waals surface area contributed by atoms with Crippen LogP contribution in [0.25, 0.3) is 0 Å². The molecule has 1 rings (SSSR count). The van der Waals surface area contributed by atoms with Crippen molar-refractivity contribution in [2.45, 2.75) is 32.6 Å². The van der Waals surface area contributed by atoms with Crippen molar-refractivity contribution in [1.82, 2.24) is 5.32 Å². The van der Waals surface area contributed by atoms with Gasteiger partial charge in [0.25, 0.3) is 0 Å². The third-order valence-electron chi connectivity index (χ3n) is 2.36. The van der Waals surface area contributed by atoms with Gasteiger partial charge < -0.3 is 14.8 Å². The van der Waals surface area contributed by atoms with Crippen molar-refractivity contribution in [1.29, 1.82) is 0 Å². The SMILES string of the molecule is COc1ccc(OCC(F)(F)F)c(CNC(C)C)c1. The van der Waals surface area contributed by atoms with Gasteiger partial charge in [-0.25, -0.2) is 0 Å². The number of rotatable bonds is 6. The van der Waals surface area contributed by atoms with Gasteiger partial charge in [-0.15, -0.1) is 0 Å². The first-order valence-corrected chi connectivity index (χ1v) is 5.91. The fourth-order valence-electron chi connectivity index (χ4n) is 1.44. The summed E-state index contributed by atoms with van der Waals surface area (Å²) in [6.45, 7) is 3.03. The molecule has 0 amide bonds. The number of alkyl halides is 3. The van der Waals surface area contributed by atoms with E-state index in [1.54, 1.807) is 12.1 Å². The third-order valence-corrected chi connectivity index (χ3v) is 2.36. The van der Waals surface area contributed by atoms with Gasteiger partial charge in [-0.1, -0.05) is 13.8 Å². The standard InChI is InChI=1S/C13H18F3NO2/c1-9(2)17-7-10-6-11(18-3)4-5-12(10)19-8-13(14,15)16/h4-6,9,17H,7-8H2,1-3H3. The van der Waals surface area contributed by atoms with Crippen molar-refractivity contribution in [3.05, 3.63) is 23.8 Å². The molecular weight excluding hydrogens is 259 g/mol. The number of nitrogens with one attached hydrogen (secondary N) is 1. The van der Waals surface area contributed by atoms with Crippen LogP contribution in [-0.2, 0) is 6.54 Å². The van der Waals surface area contributed by atoms with E-state index in [0.717, 1.165) is 0 Å². The second kappa shape index (κ2) is 6.65. The molecule has 0 aliphatic carbocycles. The van der Waals surface area contributed by atoms with E-state index in [1.165, 1.54) is 13.2 Å². The molecule has 1 N–H and O–H groups in total. The number of halogens is 3. The molecular formula is C13H18F3NO2. The van der Waals surface area contributed by atoms with Crippen molar-refractivity contribution < 1.29 is 22.6 Å². The first kappa shape index (κ1) is 15.6. The molecule has 108 valence electrons. The van der Waals surface area contributed by atoms with Crippen LogP contribution in [0.2, 0.25) is 0 Å². The van der Waals surface area contributed by atoms with Crippen LogP contribution in [0, 0.1) is 0 Å². The Hall–Kier alpha value is -1.43. The predicted octanol–water partition coefficient (Wildman–Crippen LogP) is 3.13. The molecule has 0 saturated carbocycles. The van der Waals surface area contributed by atoms with Crippen LogP contribution < -0.4 is 14.8 Å². The maximum absolute atomic E-state index is 12.2. The Morgan fingerprint density at radius 1 is 1.26 bits per heavy atom. The Morgan fingerprint density at radius 2 is 1.95 bits per heavy atom. The van der Waals surface area contributed by atoms with Crippen LogP contribution in [0.4, 0.5) is 13.2 Å². The second-order valence-corrected chi connectivity index (χ2v) is 4.41. The summed E-state index contributed by atoms with van der Waals surface area (Å²) in [5.41, 5.74) is 0.636. The summed E-state index contributed by atoms with van der Waals surface area (Å²) in [5.74, 6) is 0.797. The summed E-state index contributed by atoms with van der Waals surface area (Å²) in [7, 11) is 1.51. The number of methoxy groups -OCH3 is 1. The molecule has 0 radical (unpaired) electrons. The average Bonchev–Trinajstić information content (AvgIpc) is 2.33. The molecule has 1 aromatic rings. The predicted molar refractivity (Wildman–Crippen MR) is 66.5 cm³/mol. The van der Waals surface area contributed by atoms with Gasteiger partial charge in [0, 0.05) is 18.2 Å². The molecule has 0 saturated heterocycles. The van der Waals surface area contributed by atoms with Gasteiger partial charge in [0.1, 0.15) is 11.5 Å². The molecule has 19 heavy (non-hydrogen) atoms. The molecule has 0 bridgehead atoms. The van der Waals surface area contributed by atoms with Crippen LogP contribution in [0.15, 0.2) is 18.2 Å². The zero-order chi connectivity index (χ0) is 14.5.